The van der Waals surface area contributed by atoms with E-state index < -0.39 is 12.7 Å². The van der Waals surface area contributed by atoms with Gasteiger partial charge in [-0.1, -0.05) is 70.3 Å². The number of hydrogen-bond donors (Lipinski definition) is 1. The Hall–Kier alpha value is -0.300. The van der Waals surface area contributed by atoms with E-state index in [1.165, 1.54) is 0 Å². The molecule has 0 amide bonds. The number of aliphatic hydroxyl groups is 1. The topological polar surface area (TPSA) is 20.2 Å². The van der Waals surface area contributed by atoms with Crippen LogP contribution >= 0.6 is 0 Å². The fourth-order valence-corrected chi connectivity index (χ4v) is 1.48. The summed E-state index contributed by atoms with van der Waals surface area (Å²) >= 11 is 0. The molecule has 0 spiro atoms. The van der Waals surface area contributed by atoms with Crippen molar-refractivity contribution in [1.82, 2.24) is 0 Å². The SMILES string of the molecule is [2H]/C(=C\CCC([2H])([2H])C([2H])([2H])CCCCCCO)CCCC. The third-order valence-corrected chi connectivity index (χ3v) is 2.57. The van der Waals surface area contributed by atoms with Crippen LogP contribution in [-0.4, -0.2) is 11.7 Å². The monoisotopic (exact) mass is 245 g/mol. The largest absolute Gasteiger partial charge is 0.396 e. The van der Waals surface area contributed by atoms with Gasteiger partial charge in [0.05, 0.1) is 1.37 Å². The summed E-state index contributed by atoms with van der Waals surface area (Å²) in [5.74, 6) is 0. The Balaban J connectivity index is 4.20. The molecule has 0 heterocycles. The van der Waals surface area contributed by atoms with Gasteiger partial charge in [-0.2, -0.15) is 0 Å². The van der Waals surface area contributed by atoms with Gasteiger partial charge in [-0.15, -0.1) is 0 Å². The molecule has 0 unspecified atom stereocenters. The zero-order valence-electron chi connectivity index (χ0n) is 16.3. The Morgan fingerprint density at radius 1 is 0.941 bits per heavy atom. The van der Waals surface area contributed by atoms with Crippen molar-refractivity contribution in [1.29, 1.82) is 0 Å². The summed E-state index contributed by atoms with van der Waals surface area (Å²) in [6.07, 6.45) is 4.53. The van der Waals surface area contributed by atoms with Crippen molar-refractivity contribution in [2.24, 2.45) is 0 Å². The van der Waals surface area contributed by atoms with E-state index in [1.54, 1.807) is 6.08 Å². The van der Waals surface area contributed by atoms with Gasteiger partial charge >= 0.3 is 0 Å². The highest BCUT2D eigenvalue weighted by atomic mass is 16.2. The average molecular weight is 245 g/mol. The van der Waals surface area contributed by atoms with E-state index >= 15 is 0 Å². The smallest absolute Gasteiger partial charge is 0.0572 e. The van der Waals surface area contributed by atoms with Crippen molar-refractivity contribution in [3.63, 3.8) is 0 Å². The molecule has 0 rings (SSSR count). The van der Waals surface area contributed by atoms with E-state index in [-0.39, 0.29) is 19.4 Å². The van der Waals surface area contributed by atoms with Crippen molar-refractivity contribution in [3.05, 3.63) is 12.1 Å². The lowest BCUT2D eigenvalue weighted by Crippen LogP contribution is -1.84. The lowest BCUT2D eigenvalue weighted by Gasteiger charge is -2.00. The second-order valence-corrected chi connectivity index (χ2v) is 4.29. The Kier molecular flexibility index (Phi) is 8.87. The zero-order chi connectivity index (χ0) is 17.1. The molecule has 0 aromatic carbocycles. The van der Waals surface area contributed by atoms with Crippen LogP contribution in [0.25, 0.3) is 0 Å². The van der Waals surface area contributed by atoms with Crippen LogP contribution < -0.4 is 0 Å². The summed E-state index contributed by atoms with van der Waals surface area (Å²) in [6.45, 7) is 2.23. The van der Waals surface area contributed by atoms with E-state index in [9.17, 15) is 0 Å². The molecule has 1 nitrogen and oxygen atoms in total. The second-order valence-electron chi connectivity index (χ2n) is 4.29. The van der Waals surface area contributed by atoms with Gasteiger partial charge in [0.2, 0.25) is 0 Å². The maximum absolute atomic E-state index is 8.70. The van der Waals surface area contributed by atoms with Gasteiger partial charge in [0.15, 0.2) is 0 Å². The Morgan fingerprint density at radius 2 is 1.65 bits per heavy atom. The molecule has 0 fully saturated rings. The van der Waals surface area contributed by atoms with Crippen LogP contribution in [0.3, 0.4) is 0 Å². The summed E-state index contributed by atoms with van der Waals surface area (Å²) < 4.78 is 39.7. The van der Waals surface area contributed by atoms with Crippen LogP contribution in [0.1, 0.15) is 90.7 Å². The first-order valence-electron chi connectivity index (χ1n) is 9.53. The second kappa shape index (κ2) is 15.7. The Morgan fingerprint density at radius 3 is 2.41 bits per heavy atom. The lowest BCUT2D eigenvalue weighted by atomic mass is 10.1. The van der Waals surface area contributed by atoms with Crippen molar-refractivity contribution in [2.45, 2.75) is 83.9 Å². The minimum Gasteiger partial charge on any atom is -0.396 e. The van der Waals surface area contributed by atoms with Gasteiger partial charge in [0.1, 0.15) is 0 Å². The van der Waals surface area contributed by atoms with Crippen molar-refractivity contribution in [3.8, 4) is 0 Å². The number of unbranched alkanes of at least 4 members (excludes halogenated alkanes) is 4. The van der Waals surface area contributed by atoms with Gasteiger partial charge in [-0.05, 0) is 25.7 Å². The third kappa shape index (κ3) is 15.7. The van der Waals surface area contributed by atoms with Gasteiger partial charge < -0.3 is 5.11 Å². The minimum absolute atomic E-state index is 0.116. The zero-order valence-corrected chi connectivity index (χ0v) is 11.3. The maximum atomic E-state index is 8.70. The number of aliphatic hydroxyl groups excluding tert-OH is 1. The highest BCUT2D eigenvalue weighted by Crippen LogP contribution is 2.10. The summed E-state index contributed by atoms with van der Waals surface area (Å²) in [7, 11) is 0. The van der Waals surface area contributed by atoms with Crippen LogP contribution in [0, 0.1) is 0 Å². The molecule has 0 aliphatic heterocycles. The van der Waals surface area contributed by atoms with Crippen LogP contribution in [0.5, 0.6) is 0 Å². The van der Waals surface area contributed by atoms with Crippen LogP contribution in [0.4, 0.5) is 0 Å². The van der Waals surface area contributed by atoms with Gasteiger partial charge in [0, 0.05) is 12.1 Å². The molecule has 0 radical (unpaired) electrons. The molecule has 0 bridgehead atoms. The predicted octanol–water partition coefficient (Wildman–Crippen LogP) is 5.24. The first-order valence-corrected chi connectivity index (χ1v) is 7.03. The van der Waals surface area contributed by atoms with Gasteiger partial charge in [-0.3, -0.25) is 0 Å². The number of hydrogen-bond acceptors (Lipinski definition) is 1. The van der Waals surface area contributed by atoms with Crippen LogP contribution in [-0.2, 0) is 0 Å². The maximum Gasteiger partial charge on any atom is 0.0572 e. The number of allylic oxidation sites excluding steroid dienone is 2. The minimum atomic E-state index is -1.87. The van der Waals surface area contributed by atoms with Crippen molar-refractivity contribution in [2.75, 3.05) is 6.61 Å². The molecule has 0 atom stereocenters. The highest BCUT2D eigenvalue weighted by Gasteiger charge is 1.91. The molecule has 0 aliphatic rings. The van der Waals surface area contributed by atoms with E-state index in [0.717, 1.165) is 38.5 Å². The fourth-order valence-electron chi connectivity index (χ4n) is 1.48. The van der Waals surface area contributed by atoms with E-state index in [4.69, 9.17) is 12.0 Å². The number of rotatable bonds is 13. The van der Waals surface area contributed by atoms with Crippen molar-refractivity contribution < 1.29 is 12.0 Å². The molecular formula is C16H32O. The Bertz CT molecular complexity index is 316. The highest BCUT2D eigenvalue weighted by molar-refractivity contribution is 4.81. The normalized spacial score (nSPS) is 18.0. The molecule has 0 aromatic heterocycles. The van der Waals surface area contributed by atoms with Gasteiger partial charge in [0.25, 0.3) is 0 Å². The molecule has 1 heteroatoms. The molecule has 17 heavy (non-hydrogen) atoms. The summed E-state index contributed by atoms with van der Waals surface area (Å²) in [6, 6.07) is 0.530. The third-order valence-electron chi connectivity index (χ3n) is 2.57. The lowest BCUT2D eigenvalue weighted by molar-refractivity contribution is 0.282. The molecule has 102 valence electrons. The summed E-state index contributed by atoms with van der Waals surface area (Å²) in [4.78, 5) is 0. The molecular weight excluding hydrogens is 208 g/mol. The fraction of sp³-hybridized carbons (Fsp3) is 0.875. The average Bonchev–Trinajstić information content (AvgIpc) is 2.44. The van der Waals surface area contributed by atoms with E-state index in [1.807, 2.05) is 0 Å². The summed E-state index contributed by atoms with van der Waals surface area (Å²) in [5, 5.41) is 8.70. The Labute approximate surface area is 115 Å². The first-order chi connectivity index (χ1) is 10.3. The van der Waals surface area contributed by atoms with Gasteiger partial charge in [-0.25, -0.2) is 0 Å². The molecule has 0 aliphatic carbocycles. The van der Waals surface area contributed by atoms with E-state index in [2.05, 4.69) is 6.92 Å². The van der Waals surface area contributed by atoms with E-state index in [0.29, 0.717) is 18.9 Å². The quantitative estimate of drug-likeness (QED) is 0.348. The standard InChI is InChI=1S/C16H32O/c1-2-3-4-5-6-7-8-9-10-11-12-13-14-15-16-17/h5-6,17H,2-4,7-16H2,1H3/b6-5+/i5D,9D2,10D2. The first kappa shape index (κ1) is 9.61. The summed E-state index contributed by atoms with van der Waals surface area (Å²) in [5.41, 5.74) is 0. The van der Waals surface area contributed by atoms with Crippen LogP contribution in [0.2, 0.25) is 0 Å². The molecule has 1 N–H and O–H groups in total. The molecule has 0 aromatic rings. The predicted molar refractivity (Wildman–Crippen MR) is 77.3 cm³/mol. The molecule has 0 saturated carbocycles. The van der Waals surface area contributed by atoms with Crippen molar-refractivity contribution >= 4 is 0 Å². The molecule has 0 saturated heterocycles. The van der Waals surface area contributed by atoms with Crippen LogP contribution in [0.15, 0.2) is 12.1 Å².